The number of nitrogens with zero attached hydrogens (tertiary/aromatic N) is 1. The van der Waals surface area contributed by atoms with Gasteiger partial charge in [-0.15, -0.1) is 0 Å². The van der Waals surface area contributed by atoms with Gasteiger partial charge in [-0.2, -0.15) is 5.26 Å². The van der Waals surface area contributed by atoms with Gasteiger partial charge >= 0.3 is 0 Å². The third-order valence-electron chi connectivity index (χ3n) is 1.55. The van der Waals surface area contributed by atoms with Crippen LogP contribution in [0.25, 0.3) is 0 Å². The molecule has 0 amide bonds. The lowest BCUT2D eigenvalue weighted by atomic mass is 10.1. The van der Waals surface area contributed by atoms with Crippen molar-refractivity contribution in [3.8, 4) is 6.07 Å². The highest BCUT2D eigenvalue weighted by Gasteiger charge is 2.32. The first-order valence-corrected chi connectivity index (χ1v) is 3.12. The van der Waals surface area contributed by atoms with Crippen LogP contribution < -0.4 is 0 Å². The van der Waals surface area contributed by atoms with Crippen molar-refractivity contribution in [1.29, 1.82) is 5.26 Å². The number of rotatable bonds is 1. The van der Waals surface area contributed by atoms with Crippen LogP contribution in [0.3, 0.4) is 0 Å². The molecule has 0 spiro atoms. The van der Waals surface area contributed by atoms with Crippen molar-refractivity contribution >= 4 is 0 Å². The average molecular weight is 143 g/mol. The normalized spacial score (nSPS) is 39.5. The Balaban J connectivity index is 2.46. The van der Waals surface area contributed by atoms with Gasteiger partial charge in [0.1, 0.15) is 12.2 Å². The molecule has 56 valence electrons. The van der Waals surface area contributed by atoms with Crippen LogP contribution in [-0.2, 0) is 4.74 Å². The standard InChI is InChI=1S/C6H9NO3/c7-2-4-1-5(9)6(3-8)10-4/h4-6,8-9H,1,3H2/t4-,5+,6-/m1/s1. The molecule has 0 aromatic heterocycles. The van der Waals surface area contributed by atoms with Gasteiger partial charge in [-0.3, -0.25) is 0 Å². The van der Waals surface area contributed by atoms with Crippen molar-refractivity contribution in [3.63, 3.8) is 0 Å². The summed E-state index contributed by atoms with van der Waals surface area (Å²) in [4.78, 5) is 0. The monoisotopic (exact) mass is 143 g/mol. The predicted octanol–water partition coefficient (Wildman–Crippen LogP) is -0.979. The summed E-state index contributed by atoms with van der Waals surface area (Å²) < 4.78 is 4.91. The average Bonchev–Trinajstić information content (AvgIpc) is 2.30. The molecule has 1 saturated heterocycles. The van der Waals surface area contributed by atoms with E-state index in [0.29, 0.717) is 6.42 Å². The number of hydrogen-bond acceptors (Lipinski definition) is 4. The molecule has 1 fully saturated rings. The smallest absolute Gasteiger partial charge is 0.147 e. The summed E-state index contributed by atoms with van der Waals surface area (Å²) in [7, 11) is 0. The highest BCUT2D eigenvalue weighted by molar-refractivity contribution is 4.94. The molecule has 0 radical (unpaired) electrons. The molecule has 0 bridgehead atoms. The maximum atomic E-state index is 9.05. The predicted molar refractivity (Wildman–Crippen MR) is 32.0 cm³/mol. The quantitative estimate of drug-likeness (QED) is 0.495. The van der Waals surface area contributed by atoms with Gasteiger partial charge in [0.25, 0.3) is 0 Å². The highest BCUT2D eigenvalue weighted by atomic mass is 16.5. The zero-order chi connectivity index (χ0) is 7.56. The summed E-state index contributed by atoms with van der Waals surface area (Å²) in [5.74, 6) is 0. The van der Waals surface area contributed by atoms with Crippen LogP contribution in [0.5, 0.6) is 0 Å². The minimum atomic E-state index is -0.686. The Morgan fingerprint density at radius 2 is 2.40 bits per heavy atom. The Hall–Kier alpha value is -0.630. The fraction of sp³-hybridized carbons (Fsp3) is 0.833. The summed E-state index contributed by atoms with van der Waals surface area (Å²) in [6.07, 6.45) is -1.49. The van der Waals surface area contributed by atoms with Crippen LogP contribution in [0.4, 0.5) is 0 Å². The lowest BCUT2D eigenvalue weighted by Crippen LogP contribution is -2.24. The van der Waals surface area contributed by atoms with E-state index >= 15 is 0 Å². The molecule has 0 aromatic carbocycles. The first kappa shape index (κ1) is 7.48. The van der Waals surface area contributed by atoms with Gasteiger partial charge in [-0.05, 0) is 0 Å². The molecular formula is C6H9NO3. The Labute approximate surface area is 58.7 Å². The molecule has 1 aliphatic heterocycles. The molecule has 4 heteroatoms. The Morgan fingerprint density at radius 3 is 2.70 bits per heavy atom. The van der Waals surface area contributed by atoms with E-state index in [1.54, 1.807) is 0 Å². The van der Waals surface area contributed by atoms with E-state index in [2.05, 4.69) is 0 Å². The fourth-order valence-corrected chi connectivity index (χ4v) is 0.976. The number of ether oxygens (including phenoxy) is 1. The summed E-state index contributed by atoms with van der Waals surface area (Å²) in [6, 6.07) is 1.87. The first-order chi connectivity index (χ1) is 4.77. The van der Waals surface area contributed by atoms with E-state index in [0.717, 1.165) is 0 Å². The largest absolute Gasteiger partial charge is 0.394 e. The number of hydrogen-bond donors (Lipinski definition) is 2. The first-order valence-electron chi connectivity index (χ1n) is 3.12. The molecule has 1 heterocycles. The lowest BCUT2D eigenvalue weighted by Gasteiger charge is -2.08. The maximum Gasteiger partial charge on any atom is 0.147 e. The van der Waals surface area contributed by atoms with Gasteiger partial charge in [0.2, 0.25) is 0 Å². The molecule has 0 aliphatic carbocycles. The molecule has 4 nitrogen and oxygen atoms in total. The molecule has 0 saturated carbocycles. The van der Waals surface area contributed by atoms with Gasteiger partial charge in [-0.1, -0.05) is 0 Å². The van der Waals surface area contributed by atoms with Crippen molar-refractivity contribution in [2.45, 2.75) is 24.7 Å². The van der Waals surface area contributed by atoms with Gasteiger partial charge in [-0.25, -0.2) is 0 Å². The van der Waals surface area contributed by atoms with Crippen molar-refractivity contribution in [2.24, 2.45) is 0 Å². The van der Waals surface area contributed by atoms with Gasteiger partial charge in [0, 0.05) is 6.42 Å². The Morgan fingerprint density at radius 1 is 1.70 bits per heavy atom. The van der Waals surface area contributed by atoms with Crippen LogP contribution in [-0.4, -0.2) is 35.1 Å². The molecule has 10 heavy (non-hydrogen) atoms. The number of nitriles is 1. The summed E-state index contributed by atoms with van der Waals surface area (Å²) in [5.41, 5.74) is 0. The zero-order valence-corrected chi connectivity index (χ0v) is 5.40. The van der Waals surface area contributed by atoms with Crippen molar-refractivity contribution in [1.82, 2.24) is 0 Å². The molecule has 1 rings (SSSR count). The zero-order valence-electron chi connectivity index (χ0n) is 5.40. The minimum Gasteiger partial charge on any atom is -0.394 e. The second kappa shape index (κ2) is 2.97. The topological polar surface area (TPSA) is 73.5 Å². The van der Waals surface area contributed by atoms with Crippen LogP contribution >= 0.6 is 0 Å². The van der Waals surface area contributed by atoms with Crippen LogP contribution in [0.1, 0.15) is 6.42 Å². The molecule has 2 N–H and O–H groups in total. The Bertz CT molecular complexity index is 154. The van der Waals surface area contributed by atoms with Crippen LogP contribution in [0.15, 0.2) is 0 Å². The summed E-state index contributed by atoms with van der Waals surface area (Å²) in [5, 5.41) is 25.9. The Kier molecular flexibility index (Phi) is 2.22. The van der Waals surface area contributed by atoms with E-state index in [-0.39, 0.29) is 6.61 Å². The van der Waals surface area contributed by atoms with E-state index < -0.39 is 18.3 Å². The van der Waals surface area contributed by atoms with Gasteiger partial charge < -0.3 is 14.9 Å². The van der Waals surface area contributed by atoms with Gasteiger partial charge in [0.15, 0.2) is 0 Å². The van der Waals surface area contributed by atoms with Crippen LogP contribution in [0, 0.1) is 11.3 Å². The molecule has 1 aliphatic rings. The van der Waals surface area contributed by atoms with E-state index in [4.69, 9.17) is 20.2 Å². The highest BCUT2D eigenvalue weighted by Crippen LogP contribution is 2.18. The summed E-state index contributed by atoms with van der Waals surface area (Å²) >= 11 is 0. The van der Waals surface area contributed by atoms with E-state index in [9.17, 15) is 0 Å². The maximum absolute atomic E-state index is 9.05. The SMILES string of the molecule is N#C[C@H]1C[C@H](O)[C@@H](CO)O1. The second-order valence-electron chi connectivity index (χ2n) is 2.28. The van der Waals surface area contributed by atoms with Crippen LogP contribution in [0.2, 0.25) is 0 Å². The molecule has 0 unspecified atom stereocenters. The minimum absolute atomic E-state index is 0.223. The lowest BCUT2D eigenvalue weighted by molar-refractivity contribution is -0.00908. The molecule has 3 atom stereocenters. The number of aliphatic hydroxyl groups is 2. The second-order valence-corrected chi connectivity index (χ2v) is 2.28. The molecular weight excluding hydrogens is 134 g/mol. The van der Waals surface area contributed by atoms with Crippen molar-refractivity contribution in [2.75, 3.05) is 6.61 Å². The van der Waals surface area contributed by atoms with Crippen molar-refractivity contribution in [3.05, 3.63) is 0 Å². The third kappa shape index (κ3) is 1.27. The van der Waals surface area contributed by atoms with E-state index in [1.807, 2.05) is 6.07 Å². The molecule has 0 aromatic rings. The number of aliphatic hydroxyl groups excluding tert-OH is 2. The van der Waals surface area contributed by atoms with Crippen molar-refractivity contribution < 1.29 is 14.9 Å². The third-order valence-corrected chi connectivity index (χ3v) is 1.55. The van der Waals surface area contributed by atoms with Gasteiger partial charge in [0.05, 0.1) is 18.8 Å². The van der Waals surface area contributed by atoms with E-state index in [1.165, 1.54) is 0 Å². The fourth-order valence-electron chi connectivity index (χ4n) is 0.976. The summed E-state index contributed by atoms with van der Waals surface area (Å²) in [6.45, 7) is -0.223.